The van der Waals surface area contributed by atoms with Crippen LogP contribution in [-0.2, 0) is 10.7 Å². The van der Waals surface area contributed by atoms with Crippen molar-refractivity contribution in [2.45, 2.75) is 10.8 Å². The Balaban J connectivity index is 2.61. The topological polar surface area (TPSA) is 37.3 Å². The Morgan fingerprint density at radius 2 is 2.31 bits per heavy atom. The minimum absolute atomic E-state index is 0.0890. The number of hydrogen-bond donors (Lipinski definition) is 1. The summed E-state index contributed by atoms with van der Waals surface area (Å²) in [7, 11) is 0. The molecular formula is C9H9ClO2S. The van der Waals surface area contributed by atoms with Gasteiger partial charge < -0.3 is 5.11 Å². The molecule has 1 aromatic rings. The Kier molecular flexibility index (Phi) is 4.12. The van der Waals surface area contributed by atoms with Gasteiger partial charge in [0.05, 0.1) is 5.75 Å². The second-order valence-corrected chi connectivity index (χ2v) is 3.78. The van der Waals surface area contributed by atoms with Crippen molar-refractivity contribution in [1.82, 2.24) is 0 Å². The minimum Gasteiger partial charge on any atom is -0.481 e. The van der Waals surface area contributed by atoms with Gasteiger partial charge in [-0.2, -0.15) is 0 Å². The zero-order valence-electron chi connectivity index (χ0n) is 6.87. The zero-order chi connectivity index (χ0) is 9.68. The third kappa shape index (κ3) is 3.70. The number of halogens is 1. The van der Waals surface area contributed by atoms with Crippen LogP contribution in [0.3, 0.4) is 0 Å². The molecule has 0 heterocycles. The van der Waals surface area contributed by atoms with Gasteiger partial charge in [0.15, 0.2) is 0 Å². The largest absolute Gasteiger partial charge is 0.481 e. The van der Waals surface area contributed by atoms with Crippen molar-refractivity contribution in [2.75, 3.05) is 5.75 Å². The van der Waals surface area contributed by atoms with Crippen LogP contribution in [0.5, 0.6) is 0 Å². The first kappa shape index (κ1) is 10.4. The number of rotatable bonds is 4. The van der Waals surface area contributed by atoms with Gasteiger partial charge in [0.2, 0.25) is 0 Å². The van der Waals surface area contributed by atoms with Crippen LogP contribution in [0.2, 0.25) is 0 Å². The minimum atomic E-state index is -0.804. The van der Waals surface area contributed by atoms with Crippen molar-refractivity contribution in [2.24, 2.45) is 0 Å². The molecule has 4 heteroatoms. The zero-order valence-corrected chi connectivity index (χ0v) is 8.44. The van der Waals surface area contributed by atoms with Gasteiger partial charge in [-0.15, -0.1) is 23.4 Å². The summed E-state index contributed by atoms with van der Waals surface area (Å²) in [4.78, 5) is 11.2. The summed E-state index contributed by atoms with van der Waals surface area (Å²) in [6.07, 6.45) is 0. The highest BCUT2D eigenvalue weighted by atomic mass is 35.5. The van der Waals surface area contributed by atoms with E-state index in [4.69, 9.17) is 16.7 Å². The van der Waals surface area contributed by atoms with E-state index >= 15 is 0 Å². The number of carboxylic acids is 1. The summed E-state index contributed by atoms with van der Waals surface area (Å²) >= 11 is 6.94. The van der Waals surface area contributed by atoms with Crippen LogP contribution in [0.1, 0.15) is 5.56 Å². The molecule has 0 aliphatic heterocycles. The lowest BCUT2D eigenvalue weighted by atomic mass is 10.2. The van der Waals surface area contributed by atoms with Gasteiger partial charge in [-0.3, -0.25) is 4.79 Å². The standard InChI is InChI=1S/C9H9ClO2S/c10-5-7-2-1-3-8(4-7)13-6-9(11)12/h1-4H,5-6H2,(H,11,12). The summed E-state index contributed by atoms with van der Waals surface area (Å²) in [6.45, 7) is 0. The fourth-order valence-corrected chi connectivity index (χ4v) is 1.73. The summed E-state index contributed by atoms with van der Waals surface area (Å²) in [6, 6.07) is 7.57. The molecule has 0 spiro atoms. The second-order valence-electron chi connectivity index (χ2n) is 2.46. The Hall–Kier alpha value is -0.670. The molecule has 1 rings (SSSR count). The Morgan fingerprint density at radius 1 is 1.54 bits per heavy atom. The maximum absolute atomic E-state index is 10.3. The highest BCUT2D eigenvalue weighted by Gasteiger charge is 1.99. The summed E-state index contributed by atoms with van der Waals surface area (Å²) in [5.41, 5.74) is 1.01. The first-order valence-corrected chi connectivity index (χ1v) is 5.24. The van der Waals surface area contributed by atoms with Gasteiger partial charge in [-0.05, 0) is 17.7 Å². The molecule has 0 saturated heterocycles. The van der Waals surface area contributed by atoms with Crippen LogP contribution in [0.4, 0.5) is 0 Å². The van der Waals surface area contributed by atoms with E-state index in [1.54, 1.807) is 0 Å². The lowest BCUT2D eigenvalue weighted by molar-refractivity contribution is -0.133. The van der Waals surface area contributed by atoms with Gasteiger partial charge in [0, 0.05) is 10.8 Å². The van der Waals surface area contributed by atoms with Crippen molar-refractivity contribution in [3.05, 3.63) is 29.8 Å². The van der Waals surface area contributed by atoms with E-state index in [-0.39, 0.29) is 5.75 Å². The number of thioether (sulfide) groups is 1. The van der Waals surface area contributed by atoms with Crippen molar-refractivity contribution in [3.8, 4) is 0 Å². The Bertz CT molecular complexity index is 301. The predicted molar refractivity (Wildman–Crippen MR) is 54.4 cm³/mol. The fourth-order valence-electron chi connectivity index (χ4n) is 0.863. The van der Waals surface area contributed by atoms with Gasteiger partial charge in [0.1, 0.15) is 0 Å². The number of aliphatic carboxylic acids is 1. The van der Waals surface area contributed by atoms with Gasteiger partial charge >= 0.3 is 5.97 Å². The number of benzene rings is 1. The molecule has 0 aliphatic rings. The summed E-state index contributed by atoms with van der Waals surface area (Å²) in [5.74, 6) is -0.256. The van der Waals surface area contributed by atoms with E-state index in [0.29, 0.717) is 5.88 Å². The average molecular weight is 217 g/mol. The van der Waals surface area contributed by atoms with E-state index in [1.165, 1.54) is 11.8 Å². The molecule has 0 bridgehead atoms. The average Bonchev–Trinajstić information content (AvgIpc) is 2.15. The summed E-state index contributed by atoms with van der Waals surface area (Å²) in [5, 5.41) is 8.45. The molecule has 13 heavy (non-hydrogen) atoms. The van der Waals surface area contributed by atoms with Crippen LogP contribution in [0.25, 0.3) is 0 Å². The molecule has 0 unspecified atom stereocenters. The molecule has 0 fully saturated rings. The lowest BCUT2D eigenvalue weighted by Gasteiger charge is -2.00. The third-order valence-corrected chi connectivity index (χ3v) is 2.70. The van der Waals surface area contributed by atoms with Crippen molar-refractivity contribution in [3.63, 3.8) is 0 Å². The first-order valence-electron chi connectivity index (χ1n) is 3.72. The number of hydrogen-bond acceptors (Lipinski definition) is 2. The molecule has 0 aromatic heterocycles. The summed E-state index contributed by atoms with van der Waals surface area (Å²) < 4.78 is 0. The quantitative estimate of drug-likeness (QED) is 0.621. The fraction of sp³-hybridized carbons (Fsp3) is 0.222. The number of carbonyl (C=O) groups is 1. The van der Waals surface area contributed by atoms with Crippen LogP contribution < -0.4 is 0 Å². The van der Waals surface area contributed by atoms with Gasteiger partial charge in [-0.25, -0.2) is 0 Å². The number of alkyl halides is 1. The van der Waals surface area contributed by atoms with E-state index in [1.807, 2.05) is 24.3 Å². The second kappa shape index (κ2) is 5.14. The van der Waals surface area contributed by atoms with Crippen LogP contribution >= 0.6 is 23.4 Å². The molecule has 1 N–H and O–H groups in total. The molecule has 0 atom stereocenters. The Morgan fingerprint density at radius 3 is 2.92 bits per heavy atom. The molecule has 0 aliphatic carbocycles. The lowest BCUT2D eigenvalue weighted by Crippen LogP contribution is -1.97. The van der Waals surface area contributed by atoms with Gasteiger partial charge in [-0.1, -0.05) is 12.1 Å². The Labute approximate surface area is 85.9 Å². The smallest absolute Gasteiger partial charge is 0.313 e. The SMILES string of the molecule is O=C(O)CSc1cccc(CCl)c1. The highest BCUT2D eigenvalue weighted by Crippen LogP contribution is 2.19. The molecular weight excluding hydrogens is 208 g/mol. The highest BCUT2D eigenvalue weighted by molar-refractivity contribution is 8.00. The molecule has 0 amide bonds. The monoisotopic (exact) mass is 216 g/mol. The van der Waals surface area contributed by atoms with Crippen LogP contribution in [-0.4, -0.2) is 16.8 Å². The maximum Gasteiger partial charge on any atom is 0.313 e. The molecule has 1 aromatic carbocycles. The van der Waals surface area contributed by atoms with E-state index in [2.05, 4.69) is 0 Å². The maximum atomic E-state index is 10.3. The van der Waals surface area contributed by atoms with E-state index in [0.717, 1.165) is 10.5 Å². The van der Waals surface area contributed by atoms with Crippen LogP contribution in [0, 0.1) is 0 Å². The third-order valence-electron chi connectivity index (χ3n) is 1.42. The van der Waals surface area contributed by atoms with Crippen LogP contribution in [0.15, 0.2) is 29.2 Å². The molecule has 70 valence electrons. The van der Waals surface area contributed by atoms with Crippen molar-refractivity contribution < 1.29 is 9.90 Å². The molecule has 0 saturated carbocycles. The van der Waals surface area contributed by atoms with E-state index < -0.39 is 5.97 Å². The predicted octanol–water partition coefficient (Wildman–Crippen LogP) is 2.60. The van der Waals surface area contributed by atoms with Gasteiger partial charge in [0.25, 0.3) is 0 Å². The van der Waals surface area contributed by atoms with Crippen molar-refractivity contribution >= 4 is 29.3 Å². The number of carboxylic acid groups (broad SMARTS) is 1. The molecule has 2 nitrogen and oxygen atoms in total. The first-order chi connectivity index (χ1) is 6.22. The normalized spacial score (nSPS) is 9.92. The molecule has 0 radical (unpaired) electrons. The van der Waals surface area contributed by atoms with Crippen molar-refractivity contribution in [1.29, 1.82) is 0 Å². The van der Waals surface area contributed by atoms with E-state index in [9.17, 15) is 4.79 Å².